The molecular weight excluding hydrogens is 344 g/mol. The highest BCUT2D eigenvalue weighted by atomic mass is 79.9. The van der Waals surface area contributed by atoms with Crippen molar-refractivity contribution in [2.24, 2.45) is 5.84 Å². The molecule has 114 valence electrons. The minimum atomic E-state index is -0.220. The Morgan fingerprint density at radius 2 is 1.77 bits per heavy atom. The summed E-state index contributed by atoms with van der Waals surface area (Å²) in [6, 6.07) is 18.2. The van der Waals surface area contributed by atoms with Gasteiger partial charge in [0.2, 0.25) is 6.33 Å². The molecule has 0 radical (unpaired) electrons. The maximum Gasteiger partial charge on any atom is 0.276 e. The van der Waals surface area contributed by atoms with Crippen LogP contribution in [0.2, 0.25) is 0 Å². The molecule has 0 bridgehead atoms. The second-order valence-electron chi connectivity index (χ2n) is 4.91. The van der Waals surface area contributed by atoms with E-state index in [0.717, 1.165) is 17.6 Å². The standard InChI is InChI=1S/C16H16N4O.BrH/c17-18-16(21)11-20-12-19(10-13-6-2-1-3-7-13)14-8-4-5-9-15(14)20;/h1-9,12H,10-11,17H2;1H. The van der Waals surface area contributed by atoms with Crippen molar-refractivity contribution in [3.05, 3.63) is 66.5 Å². The fourth-order valence-corrected chi connectivity index (χ4v) is 2.48. The Balaban J connectivity index is 0.00000176. The van der Waals surface area contributed by atoms with Crippen molar-refractivity contribution in [2.75, 3.05) is 0 Å². The van der Waals surface area contributed by atoms with Gasteiger partial charge >= 0.3 is 0 Å². The monoisotopic (exact) mass is 360 g/mol. The van der Waals surface area contributed by atoms with Crippen LogP contribution in [-0.2, 0) is 17.9 Å². The Hall–Kier alpha value is -2.18. The number of para-hydroxylation sites is 2. The molecule has 0 aliphatic rings. The number of halogens is 1. The molecule has 0 spiro atoms. The molecule has 0 aliphatic heterocycles. The first-order valence-corrected chi connectivity index (χ1v) is 6.78. The number of nitrogens with zero attached hydrogens (tertiary/aromatic N) is 2. The van der Waals surface area contributed by atoms with Gasteiger partial charge in [-0.2, -0.15) is 0 Å². The topological polar surface area (TPSA) is 63.9 Å². The van der Waals surface area contributed by atoms with Gasteiger partial charge in [-0.25, -0.2) is 15.0 Å². The lowest BCUT2D eigenvalue weighted by Gasteiger charge is -1.98. The zero-order valence-electron chi connectivity index (χ0n) is 11.9. The fraction of sp³-hybridized carbons (Fsp3) is 0.125. The SMILES string of the molecule is NNC(=O)Cn1c[n+](Cc2ccccc2)c2ccccc21.[Br-]. The van der Waals surface area contributed by atoms with Gasteiger partial charge in [0, 0.05) is 0 Å². The normalized spacial score (nSPS) is 10.2. The molecule has 0 saturated heterocycles. The van der Waals surface area contributed by atoms with E-state index in [4.69, 9.17) is 5.84 Å². The van der Waals surface area contributed by atoms with Gasteiger partial charge in [-0.05, 0) is 17.7 Å². The van der Waals surface area contributed by atoms with Gasteiger partial charge in [0.15, 0.2) is 17.6 Å². The Bertz CT molecular complexity index is 770. The summed E-state index contributed by atoms with van der Waals surface area (Å²) in [6.07, 6.45) is 1.95. The number of aromatic nitrogens is 2. The summed E-state index contributed by atoms with van der Waals surface area (Å²) in [5.74, 6) is 4.95. The number of carbonyl (C=O) groups excluding carboxylic acids is 1. The molecule has 0 saturated carbocycles. The van der Waals surface area contributed by atoms with Gasteiger partial charge in [0.1, 0.15) is 6.54 Å². The van der Waals surface area contributed by atoms with Crippen molar-refractivity contribution >= 4 is 16.9 Å². The molecule has 22 heavy (non-hydrogen) atoms. The Labute approximate surface area is 139 Å². The summed E-state index contributed by atoms with van der Waals surface area (Å²) in [4.78, 5) is 11.5. The van der Waals surface area contributed by atoms with Crippen LogP contribution in [0.25, 0.3) is 11.0 Å². The first-order chi connectivity index (χ1) is 10.3. The van der Waals surface area contributed by atoms with Crippen LogP contribution in [-0.4, -0.2) is 10.5 Å². The minimum absolute atomic E-state index is 0. The van der Waals surface area contributed by atoms with E-state index < -0.39 is 0 Å². The van der Waals surface area contributed by atoms with Crippen molar-refractivity contribution < 1.29 is 26.3 Å². The lowest BCUT2D eigenvalue weighted by molar-refractivity contribution is -0.663. The molecule has 0 aliphatic carbocycles. The van der Waals surface area contributed by atoms with Crippen molar-refractivity contribution in [1.82, 2.24) is 9.99 Å². The van der Waals surface area contributed by atoms with Gasteiger partial charge in [0.05, 0.1) is 0 Å². The quantitative estimate of drug-likeness (QED) is 0.244. The molecule has 1 heterocycles. The molecule has 1 aromatic heterocycles. The van der Waals surface area contributed by atoms with E-state index in [0.29, 0.717) is 0 Å². The van der Waals surface area contributed by atoms with Crippen molar-refractivity contribution in [3.8, 4) is 0 Å². The van der Waals surface area contributed by atoms with E-state index in [2.05, 4.69) is 28.2 Å². The van der Waals surface area contributed by atoms with Crippen LogP contribution in [0.1, 0.15) is 5.56 Å². The molecule has 3 aromatic rings. The van der Waals surface area contributed by atoms with E-state index in [1.54, 1.807) is 0 Å². The fourth-order valence-electron chi connectivity index (χ4n) is 2.48. The molecular formula is C16H17BrN4O. The number of imidazole rings is 1. The van der Waals surface area contributed by atoms with Crippen LogP contribution >= 0.6 is 0 Å². The number of benzene rings is 2. The summed E-state index contributed by atoms with van der Waals surface area (Å²) < 4.78 is 4.04. The molecule has 6 heteroatoms. The number of rotatable bonds is 4. The van der Waals surface area contributed by atoms with Gasteiger partial charge in [-0.1, -0.05) is 42.5 Å². The largest absolute Gasteiger partial charge is 1.00 e. The maximum atomic E-state index is 11.5. The number of hydrogen-bond acceptors (Lipinski definition) is 2. The van der Waals surface area contributed by atoms with E-state index in [1.165, 1.54) is 5.56 Å². The zero-order valence-corrected chi connectivity index (χ0v) is 13.5. The highest BCUT2D eigenvalue weighted by molar-refractivity contribution is 5.78. The van der Waals surface area contributed by atoms with Crippen LogP contribution < -0.4 is 32.8 Å². The molecule has 0 unspecified atom stereocenters. The lowest BCUT2D eigenvalue weighted by atomic mass is 10.2. The van der Waals surface area contributed by atoms with Crippen molar-refractivity contribution in [1.29, 1.82) is 0 Å². The highest BCUT2D eigenvalue weighted by Gasteiger charge is 2.17. The third kappa shape index (κ3) is 3.35. The number of amides is 1. The lowest BCUT2D eigenvalue weighted by Crippen LogP contribution is -3.00. The number of fused-ring (bicyclic) bond motifs is 1. The van der Waals surface area contributed by atoms with E-state index >= 15 is 0 Å². The molecule has 3 rings (SSSR count). The summed E-state index contributed by atoms with van der Waals surface area (Å²) in [5, 5.41) is 0. The Morgan fingerprint density at radius 1 is 1.09 bits per heavy atom. The summed E-state index contributed by atoms with van der Waals surface area (Å²) in [7, 11) is 0. The average Bonchev–Trinajstić information content (AvgIpc) is 2.86. The third-order valence-electron chi connectivity index (χ3n) is 3.45. The Morgan fingerprint density at radius 3 is 2.50 bits per heavy atom. The minimum Gasteiger partial charge on any atom is -1.00 e. The summed E-state index contributed by atoms with van der Waals surface area (Å²) >= 11 is 0. The molecule has 1 amide bonds. The van der Waals surface area contributed by atoms with E-state index in [1.807, 2.05) is 47.3 Å². The van der Waals surface area contributed by atoms with Gasteiger partial charge in [0.25, 0.3) is 5.91 Å². The molecule has 3 N–H and O–H groups in total. The molecule has 5 nitrogen and oxygen atoms in total. The van der Waals surface area contributed by atoms with Crippen LogP contribution in [0.5, 0.6) is 0 Å². The van der Waals surface area contributed by atoms with E-state index in [-0.39, 0.29) is 29.4 Å². The van der Waals surface area contributed by atoms with Crippen molar-refractivity contribution in [3.63, 3.8) is 0 Å². The number of nitrogens with two attached hydrogens (primary N) is 1. The third-order valence-corrected chi connectivity index (χ3v) is 3.45. The summed E-state index contributed by atoms with van der Waals surface area (Å²) in [5.41, 5.74) is 5.48. The zero-order chi connectivity index (χ0) is 14.7. The summed E-state index contributed by atoms with van der Waals surface area (Å²) in [6.45, 7) is 0.970. The average molecular weight is 361 g/mol. The first-order valence-electron chi connectivity index (χ1n) is 6.78. The van der Waals surface area contributed by atoms with Crippen LogP contribution in [0.15, 0.2) is 60.9 Å². The van der Waals surface area contributed by atoms with Gasteiger partial charge in [-0.3, -0.25) is 10.2 Å². The predicted molar refractivity (Wildman–Crippen MR) is 80.0 cm³/mol. The molecule has 2 aromatic carbocycles. The number of nitrogens with one attached hydrogen (secondary N) is 1. The second-order valence-corrected chi connectivity index (χ2v) is 4.91. The first kappa shape index (κ1) is 16.2. The molecule has 0 atom stereocenters. The number of hydrazine groups is 1. The maximum absolute atomic E-state index is 11.5. The van der Waals surface area contributed by atoms with Crippen LogP contribution in [0.4, 0.5) is 0 Å². The van der Waals surface area contributed by atoms with Crippen LogP contribution in [0, 0.1) is 0 Å². The van der Waals surface area contributed by atoms with Crippen molar-refractivity contribution in [2.45, 2.75) is 13.1 Å². The Kier molecular flexibility index (Phi) is 5.30. The van der Waals surface area contributed by atoms with E-state index in [9.17, 15) is 4.79 Å². The van der Waals surface area contributed by atoms with Gasteiger partial charge < -0.3 is 17.0 Å². The van der Waals surface area contributed by atoms with Crippen LogP contribution in [0.3, 0.4) is 0 Å². The molecule has 0 fully saturated rings. The van der Waals surface area contributed by atoms with Gasteiger partial charge in [-0.15, -0.1) is 0 Å². The number of hydrogen-bond donors (Lipinski definition) is 2. The smallest absolute Gasteiger partial charge is 0.276 e. The highest BCUT2D eigenvalue weighted by Crippen LogP contribution is 2.11. The predicted octanol–water partition coefficient (Wildman–Crippen LogP) is -2.03. The number of carbonyl (C=O) groups is 1. The second kappa shape index (κ2) is 7.20.